The predicted molar refractivity (Wildman–Crippen MR) is 137 cm³/mol. The van der Waals surface area contributed by atoms with Gasteiger partial charge in [-0.1, -0.05) is 0 Å². The number of hydrogen-bond acceptors (Lipinski definition) is 6. The Morgan fingerprint density at radius 2 is 1.77 bits per heavy atom. The molecule has 3 heterocycles. The second-order valence-corrected chi connectivity index (χ2v) is 10.4. The Bertz CT molecular complexity index is 1460. The second kappa shape index (κ2) is 9.96. The Hall–Kier alpha value is -3.41. The number of anilines is 1. The number of benzene rings is 2. The minimum absolute atomic E-state index is 0.00561. The minimum Gasteiger partial charge on any atom is -0.449 e. The fourth-order valence-electron chi connectivity index (χ4n) is 5.31. The molecule has 2 unspecified atom stereocenters. The first-order valence-corrected chi connectivity index (χ1v) is 12.4. The van der Waals surface area contributed by atoms with Gasteiger partial charge in [-0.25, -0.2) is 22.6 Å². The molecule has 2 aromatic carbocycles. The topological polar surface area (TPSA) is 70.3 Å². The van der Waals surface area contributed by atoms with E-state index in [9.17, 15) is 13.6 Å². The maximum Gasteiger partial charge on any atom is 0.249 e. The van der Waals surface area contributed by atoms with E-state index in [4.69, 9.17) is 20.8 Å². The van der Waals surface area contributed by atoms with Gasteiger partial charge in [0, 0.05) is 44.4 Å². The van der Waals surface area contributed by atoms with Gasteiger partial charge in [0.25, 0.3) is 0 Å². The number of nitrogens with one attached hydrogen (secondary N) is 1. The van der Waals surface area contributed by atoms with Crippen LogP contribution in [-0.4, -0.2) is 61.5 Å². The summed E-state index contributed by atoms with van der Waals surface area (Å²) in [5, 5.41) is 8.43. The second-order valence-electron chi connectivity index (χ2n) is 9.98. The van der Waals surface area contributed by atoms with Gasteiger partial charge < -0.3 is 19.4 Å². The summed E-state index contributed by atoms with van der Waals surface area (Å²) in [4.78, 5) is 16.1. The highest BCUT2D eigenvalue weighted by Crippen LogP contribution is 2.46. The fraction of sp³-hybridized carbons (Fsp3) is 0.333. The van der Waals surface area contributed by atoms with Gasteiger partial charge >= 0.3 is 0 Å². The van der Waals surface area contributed by atoms with Gasteiger partial charge in [0.1, 0.15) is 28.8 Å². The zero-order valence-electron chi connectivity index (χ0n) is 21.3. The van der Waals surface area contributed by atoms with Crippen LogP contribution in [0.2, 0.25) is 5.22 Å². The van der Waals surface area contributed by atoms with Gasteiger partial charge in [-0.2, -0.15) is 5.10 Å². The largest absolute Gasteiger partial charge is 0.449 e. The normalized spacial score (nSPS) is 22.5. The van der Waals surface area contributed by atoms with Crippen LogP contribution in [0, 0.1) is 23.3 Å². The molecule has 7 nitrogen and oxygen atoms in total. The van der Waals surface area contributed by atoms with Crippen molar-refractivity contribution in [2.24, 2.45) is 5.10 Å². The molecule has 39 heavy (non-hydrogen) atoms. The van der Waals surface area contributed by atoms with Crippen molar-refractivity contribution >= 4 is 28.9 Å². The Kier molecular flexibility index (Phi) is 6.94. The predicted octanol–water partition coefficient (Wildman–Crippen LogP) is 4.70. The van der Waals surface area contributed by atoms with Gasteiger partial charge in [0.05, 0.1) is 17.3 Å². The van der Waals surface area contributed by atoms with Crippen LogP contribution in [-0.2, 0) is 9.53 Å². The lowest BCUT2D eigenvalue weighted by atomic mass is 9.78. The molecule has 12 heteroatoms. The van der Waals surface area contributed by atoms with Gasteiger partial charge in [-0.3, -0.25) is 4.79 Å². The number of furan rings is 1. The maximum atomic E-state index is 15.2. The molecule has 0 bridgehead atoms. The van der Waals surface area contributed by atoms with Gasteiger partial charge in [-0.05, 0) is 62.0 Å². The molecule has 1 fully saturated rings. The molecule has 0 aliphatic carbocycles. The summed E-state index contributed by atoms with van der Waals surface area (Å²) >= 11 is 6.07. The standard InChI is InChI=1S/C27H25ClF4N4O3/c1-26(25(37)33-12-27(38-3)13-35(2)14-27)23(21-8-9-22(28)39-21)24(17-6-4-15(29)10-18(17)31)34-36(26)20-7-5-16(30)11-19(20)32/h4-11,23H,12-14H2,1-3H3,(H,33,37). The number of nitrogens with zero attached hydrogens (tertiary/aromatic N) is 3. The number of carbonyl (C=O) groups is 1. The number of likely N-dealkylation sites (tertiary alicyclic amines) is 1. The number of hydrazone groups is 1. The summed E-state index contributed by atoms with van der Waals surface area (Å²) < 4.78 is 69.2. The summed E-state index contributed by atoms with van der Waals surface area (Å²) in [6.45, 7) is 2.73. The molecular weight excluding hydrogens is 540 g/mol. The quantitative estimate of drug-likeness (QED) is 0.421. The van der Waals surface area contributed by atoms with Crippen LogP contribution < -0.4 is 10.3 Å². The van der Waals surface area contributed by atoms with Crippen molar-refractivity contribution in [2.75, 3.05) is 38.8 Å². The zero-order chi connectivity index (χ0) is 28.1. The number of hydrogen-bond donors (Lipinski definition) is 1. The molecule has 2 aliphatic rings. The van der Waals surface area contributed by atoms with Gasteiger partial charge in [-0.15, -0.1) is 0 Å². The fourth-order valence-corrected chi connectivity index (χ4v) is 5.47. The minimum atomic E-state index is -1.78. The van der Waals surface area contributed by atoms with Crippen molar-refractivity contribution in [3.63, 3.8) is 0 Å². The Balaban J connectivity index is 1.66. The van der Waals surface area contributed by atoms with Crippen molar-refractivity contribution in [1.29, 1.82) is 0 Å². The van der Waals surface area contributed by atoms with E-state index in [1.54, 1.807) is 7.11 Å². The third-order valence-corrected chi connectivity index (χ3v) is 7.49. The van der Waals surface area contributed by atoms with Crippen LogP contribution in [0.25, 0.3) is 0 Å². The lowest BCUT2D eigenvalue weighted by Crippen LogP contribution is -2.67. The number of ether oxygens (including phenoxy) is 1. The van der Waals surface area contributed by atoms with Crippen molar-refractivity contribution in [3.8, 4) is 0 Å². The van der Waals surface area contributed by atoms with Gasteiger partial charge in [0.15, 0.2) is 16.6 Å². The first-order valence-electron chi connectivity index (χ1n) is 12.0. The molecule has 1 amide bonds. The first kappa shape index (κ1) is 27.2. The van der Waals surface area contributed by atoms with E-state index in [1.165, 1.54) is 25.1 Å². The van der Waals surface area contributed by atoms with Crippen LogP contribution in [0.1, 0.15) is 24.2 Å². The van der Waals surface area contributed by atoms with E-state index in [0.29, 0.717) is 25.2 Å². The third-order valence-electron chi connectivity index (χ3n) is 7.29. The van der Waals surface area contributed by atoms with E-state index in [1.807, 2.05) is 11.9 Å². The summed E-state index contributed by atoms with van der Waals surface area (Å²) in [7, 11) is 3.45. The van der Waals surface area contributed by atoms with Gasteiger partial charge in [0.2, 0.25) is 5.91 Å². The maximum absolute atomic E-state index is 15.2. The average molecular weight is 565 g/mol. The van der Waals surface area contributed by atoms with E-state index in [2.05, 4.69) is 10.4 Å². The highest BCUT2D eigenvalue weighted by molar-refractivity contribution is 6.28. The van der Waals surface area contributed by atoms with Crippen molar-refractivity contribution in [3.05, 3.63) is 88.3 Å². The van der Waals surface area contributed by atoms with Crippen molar-refractivity contribution in [1.82, 2.24) is 10.2 Å². The summed E-state index contributed by atoms with van der Waals surface area (Å²) in [6, 6.07) is 8.64. The van der Waals surface area contributed by atoms with E-state index >= 15 is 8.78 Å². The average Bonchev–Trinajstić information content (AvgIpc) is 3.42. The molecule has 0 spiro atoms. The number of amides is 1. The smallest absolute Gasteiger partial charge is 0.249 e. The Labute approximate surface area is 227 Å². The lowest BCUT2D eigenvalue weighted by Gasteiger charge is -2.48. The number of methoxy groups -OCH3 is 1. The molecule has 3 aromatic rings. The third kappa shape index (κ3) is 4.68. The monoisotopic (exact) mass is 564 g/mol. The van der Waals surface area contributed by atoms with Crippen LogP contribution in [0.15, 0.2) is 58.0 Å². The number of carbonyl (C=O) groups excluding carboxylic acids is 1. The van der Waals surface area contributed by atoms with Crippen LogP contribution in [0.3, 0.4) is 0 Å². The number of rotatable bonds is 7. The molecule has 1 aromatic heterocycles. The molecule has 0 radical (unpaired) electrons. The van der Waals surface area contributed by atoms with E-state index in [-0.39, 0.29) is 34.5 Å². The molecule has 0 saturated carbocycles. The zero-order valence-corrected chi connectivity index (χ0v) is 22.0. The van der Waals surface area contributed by atoms with Crippen LogP contribution in [0.4, 0.5) is 23.2 Å². The van der Waals surface area contributed by atoms with Crippen molar-refractivity contribution < 1.29 is 31.5 Å². The molecular formula is C27H25ClF4N4O3. The summed E-state index contributed by atoms with van der Waals surface area (Å²) in [5.41, 5.74) is -2.82. The number of halogens is 5. The molecule has 5 rings (SSSR count). The van der Waals surface area contributed by atoms with Crippen LogP contribution >= 0.6 is 11.6 Å². The molecule has 206 valence electrons. The molecule has 1 N–H and O–H groups in total. The summed E-state index contributed by atoms with van der Waals surface area (Å²) in [6.07, 6.45) is 0. The molecule has 2 atom stereocenters. The van der Waals surface area contributed by atoms with Crippen molar-refractivity contribution in [2.45, 2.75) is 24.0 Å². The van der Waals surface area contributed by atoms with Crippen LogP contribution in [0.5, 0.6) is 0 Å². The highest BCUT2D eigenvalue weighted by Gasteiger charge is 2.57. The van der Waals surface area contributed by atoms with E-state index < -0.39 is 46.2 Å². The number of likely N-dealkylation sites (N-methyl/N-ethyl adjacent to an activating group) is 1. The SMILES string of the molecule is COC1(CNC(=O)C2(C)C(c3ccc(Cl)o3)C(c3ccc(F)cc3F)=NN2c2ccc(F)cc2F)CN(C)C1. The van der Waals surface area contributed by atoms with E-state index in [0.717, 1.165) is 23.2 Å². The molecule has 2 aliphatic heterocycles. The summed E-state index contributed by atoms with van der Waals surface area (Å²) in [5.74, 6) is -5.21. The Morgan fingerprint density at radius 1 is 1.10 bits per heavy atom. The first-order chi connectivity index (χ1) is 18.5. The lowest BCUT2D eigenvalue weighted by molar-refractivity contribution is -0.134. The molecule has 1 saturated heterocycles. The Morgan fingerprint density at radius 3 is 2.33 bits per heavy atom. The highest BCUT2D eigenvalue weighted by atomic mass is 35.5.